The molecule has 188 valence electrons. The lowest BCUT2D eigenvalue weighted by molar-refractivity contribution is -0.143. The Labute approximate surface area is 218 Å². The number of hydrogen-bond donors (Lipinski definition) is 1. The fraction of sp³-hybridized carbons (Fsp3) is 0.333. The maximum atomic E-state index is 13.7. The van der Waals surface area contributed by atoms with Crippen molar-refractivity contribution in [3.8, 4) is 5.75 Å². The summed E-state index contributed by atoms with van der Waals surface area (Å²) in [6, 6.07) is 24.2. The second-order valence-electron chi connectivity index (χ2n) is 9.39. The summed E-state index contributed by atoms with van der Waals surface area (Å²) in [7, 11) is 0. The van der Waals surface area contributed by atoms with E-state index in [1.54, 1.807) is 29.2 Å². The number of nitrogens with zero attached hydrogens (tertiary/aromatic N) is 1. The molecule has 0 radical (unpaired) electrons. The van der Waals surface area contributed by atoms with Crippen LogP contribution in [0.1, 0.15) is 42.4 Å². The lowest BCUT2D eigenvalue weighted by Crippen LogP contribution is -2.53. The molecular weight excluding hydrogens is 472 g/mol. The van der Waals surface area contributed by atoms with Crippen LogP contribution >= 0.6 is 11.6 Å². The predicted molar refractivity (Wildman–Crippen MR) is 143 cm³/mol. The zero-order valence-electron chi connectivity index (χ0n) is 20.7. The molecule has 1 N–H and O–H groups in total. The molecule has 1 fully saturated rings. The van der Waals surface area contributed by atoms with Crippen LogP contribution in [0.3, 0.4) is 0 Å². The van der Waals surface area contributed by atoms with E-state index in [-0.39, 0.29) is 24.5 Å². The van der Waals surface area contributed by atoms with Crippen LogP contribution in [0.5, 0.6) is 5.75 Å². The van der Waals surface area contributed by atoms with Crippen LogP contribution in [-0.4, -0.2) is 35.4 Å². The molecule has 1 atom stereocenters. The molecule has 0 aromatic heterocycles. The number of rotatable bonds is 10. The molecule has 5 nitrogen and oxygen atoms in total. The summed E-state index contributed by atoms with van der Waals surface area (Å²) < 4.78 is 5.80. The number of carbonyl (C=O) groups excluding carboxylic acids is 2. The number of ether oxygens (including phenoxy) is 1. The summed E-state index contributed by atoms with van der Waals surface area (Å²) in [6.45, 7) is 2.17. The van der Waals surface area contributed by atoms with E-state index in [0.29, 0.717) is 23.7 Å². The average Bonchev–Trinajstić information content (AvgIpc) is 3.40. The largest absolute Gasteiger partial charge is 0.484 e. The highest BCUT2D eigenvalue weighted by atomic mass is 35.5. The van der Waals surface area contributed by atoms with Crippen molar-refractivity contribution in [3.63, 3.8) is 0 Å². The molecule has 1 saturated carbocycles. The number of carbonyl (C=O) groups is 2. The topological polar surface area (TPSA) is 58.6 Å². The van der Waals surface area contributed by atoms with Gasteiger partial charge in [-0.1, -0.05) is 79.0 Å². The molecule has 3 aromatic carbocycles. The minimum Gasteiger partial charge on any atom is -0.484 e. The number of aryl methyl sites for hydroxylation is 1. The van der Waals surface area contributed by atoms with Crippen LogP contribution in [0.2, 0.25) is 5.02 Å². The molecule has 1 unspecified atom stereocenters. The zero-order valence-corrected chi connectivity index (χ0v) is 21.4. The minimum atomic E-state index is -0.658. The molecule has 0 spiro atoms. The van der Waals surface area contributed by atoms with E-state index in [0.717, 1.165) is 42.4 Å². The van der Waals surface area contributed by atoms with Crippen molar-refractivity contribution < 1.29 is 14.3 Å². The average molecular weight is 505 g/mol. The van der Waals surface area contributed by atoms with Crippen molar-refractivity contribution in [3.05, 3.63) is 101 Å². The van der Waals surface area contributed by atoms with E-state index in [2.05, 4.69) is 5.32 Å². The predicted octanol–water partition coefficient (Wildman–Crippen LogP) is 5.73. The molecule has 6 heteroatoms. The lowest BCUT2D eigenvalue weighted by atomic mass is 10.0. The normalized spacial score (nSPS) is 14.3. The maximum absolute atomic E-state index is 13.7. The molecule has 2 amide bonds. The Kier molecular flexibility index (Phi) is 9.01. The molecule has 1 aliphatic carbocycles. The number of nitrogens with one attached hydrogen (secondary N) is 1. The third-order valence-corrected chi connectivity index (χ3v) is 7.00. The van der Waals surface area contributed by atoms with Gasteiger partial charge in [-0.2, -0.15) is 0 Å². The monoisotopic (exact) mass is 504 g/mol. The molecule has 0 bridgehead atoms. The molecule has 36 heavy (non-hydrogen) atoms. The van der Waals surface area contributed by atoms with Crippen LogP contribution in [0.4, 0.5) is 0 Å². The molecule has 0 aliphatic heterocycles. The third-order valence-electron chi connectivity index (χ3n) is 6.75. The van der Waals surface area contributed by atoms with Gasteiger partial charge in [0.15, 0.2) is 6.61 Å². The van der Waals surface area contributed by atoms with Crippen LogP contribution in [0.15, 0.2) is 78.9 Å². The van der Waals surface area contributed by atoms with E-state index in [1.165, 1.54) is 0 Å². The van der Waals surface area contributed by atoms with Crippen molar-refractivity contribution >= 4 is 23.4 Å². The van der Waals surface area contributed by atoms with Gasteiger partial charge in [-0.15, -0.1) is 0 Å². The molecule has 0 saturated heterocycles. The van der Waals surface area contributed by atoms with Crippen LogP contribution < -0.4 is 10.1 Å². The first-order chi connectivity index (χ1) is 17.5. The molecule has 1 aliphatic rings. The van der Waals surface area contributed by atoms with E-state index in [9.17, 15) is 9.59 Å². The quantitative estimate of drug-likeness (QED) is 0.384. The van der Waals surface area contributed by atoms with E-state index < -0.39 is 6.04 Å². The minimum absolute atomic E-state index is 0.112. The van der Waals surface area contributed by atoms with Gasteiger partial charge in [0.1, 0.15) is 11.8 Å². The number of amides is 2. The van der Waals surface area contributed by atoms with E-state index in [4.69, 9.17) is 16.3 Å². The summed E-state index contributed by atoms with van der Waals surface area (Å²) >= 11 is 5.98. The first-order valence-corrected chi connectivity index (χ1v) is 12.9. The van der Waals surface area contributed by atoms with Crippen molar-refractivity contribution in [1.82, 2.24) is 10.2 Å². The van der Waals surface area contributed by atoms with Gasteiger partial charge in [0, 0.05) is 24.0 Å². The Morgan fingerprint density at radius 2 is 1.64 bits per heavy atom. The van der Waals surface area contributed by atoms with Gasteiger partial charge in [-0.3, -0.25) is 9.59 Å². The summed E-state index contributed by atoms with van der Waals surface area (Å²) in [5.41, 5.74) is 3.08. The Bertz CT molecular complexity index is 1140. The van der Waals surface area contributed by atoms with Gasteiger partial charge in [0.05, 0.1) is 0 Å². The highest BCUT2D eigenvalue weighted by Gasteiger charge is 2.32. The summed E-state index contributed by atoms with van der Waals surface area (Å²) in [5, 5.41) is 3.83. The highest BCUT2D eigenvalue weighted by Crippen LogP contribution is 2.21. The van der Waals surface area contributed by atoms with Gasteiger partial charge >= 0.3 is 0 Å². The number of halogens is 1. The van der Waals surface area contributed by atoms with Gasteiger partial charge in [0.2, 0.25) is 5.91 Å². The van der Waals surface area contributed by atoms with Crippen molar-refractivity contribution in [2.75, 3.05) is 6.61 Å². The van der Waals surface area contributed by atoms with Gasteiger partial charge in [-0.25, -0.2) is 0 Å². The Hall–Kier alpha value is -3.31. The molecule has 0 heterocycles. The standard InChI is InChI=1S/C30H33ClN2O3/c1-22-9-5-6-12-24(22)20-33(29(34)21-36-27-17-15-25(31)16-18-27)28(19-23-10-3-2-4-11-23)30(35)32-26-13-7-8-14-26/h2-6,9-12,15-18,26,28H,7-8,13-14,19-21H2,1H3,(H,32,35). The Morgan fingerprint density at radius 1 is 0.972 bits per heavy atom. The fourth-order valence-corrected chi connectivity index (χ4v) is 4.78. The van der Waals surface area contributed by atoms with Gasteiger partial charge in [-0.05, 0) is 60.7 Å². The van der Waals surface area contributed by atoms with E-state index >= 15 is 0 Å². The Balaban J connectivity index is 1.61. The van der Waals surface area contributed by atoms with Crippen LogP contribution in [0, 0.1) is 6.92 Å². The second-order valence-corrected chi connectivity index (χ2v) is 9.82. The summed E-state index contributed by atoms with van der Waals surface area (Å²) in [6.07, 6.45) is 4.63. The molecule has 4 rings (SSSR count). The van der Waals surface area contributed by atoms with Crippen molar-refractivity contribution in [2.45, 2.75) is 57.7 Å². The van der Waals surface area contributed by atoms with Crippen molar-refractivity contribution in [2.24, 2.45) is 0 Å². The van der Waals surface area contributed by atoms with Crippen LogP contribution in [0.25, 0.3) is 0 Å². The van der Waals surface area contributed by atoms with E-state index in [1.807, 2.05) is 61.5 Å². The molecular formula is C30H33ClN2O3. The fourth-order valence-electron chi connectivity index (χ4n) is 4.65. The first kappa shape index (κ1) is 25.8. The smallest absolute Gasteiger partial charge is 0.261 e. The Morgan fingerprint density at radius 3 is 2.33 bits per heavy atom. The summed E-state index contributed by atoms with van der Waals surface area (Å²) in [5.74, 6) is 0.202. The first-order valence-electron chi connectivity index (χ1n) is 12.6. The highest BCUT2D eigenvalue weighted by molar-refractivity contribution is 6.30. The third kappa shape index (κ3) is 7.11. The second kappa shape index (κ2) is 12.6. The number of hydrogen-bond acceptors (Lipinski definition) is 3. The van der Waals surface area contributed by atoms with Gasteiger partial charge in [0.25, 0.3) is 5.91 Å². The molecule has 3 aromatic rings. The van der Waals surface area contributed by atoms with Crippen LogP contribution in [-0.2, 0) is 22.6 Å². The summed E-state index contributed by atoms with van der Waals surface area (Å²) in [4.78, 5) is 29.0. The van der Waals surface area contributed by atoms with Crippen molar-refractivity contribution in [1.29, 1.82) is 0 Å². The van der Waals surface area contributed by atoms with Gasteiger partial charge < -0.3 is 15.0 Å². The number of benzene rings is 3. The SMILES string of the molecule is Cc1ccccc1CN(C(=O)COc1ccc(Cl)cc1)C(Cc1ccccc1)C(=O)NC1CCCC1. The maximum Gasteiger partial charge on any atom is 0.261 e. The lowest BCUT2D eigenvalue weighted by Gasteiger charge is -2.32. The zero-order chi connectivity index (χ0) is 25.3.